The number of alkyl halides is 2. The minimum Gasteiger partial charge on any atom is -0.453 e. The fourth-order valence-electron chi connectivity index (χ4n) is 5.78. The smallest absolute Gasteiger partial charge is 0.409 e. The molecule has 3 aliphatic rings. The van der Waals surface area contributed by atoms with E-state index >= 15 is 0 Å². The van der Waals surface area contributed by atoms with Crippen LogP contribution in [0.2, 0.25) is 0 Å². The number of benzene rings is 1. The molecule has 2 aromatic heterocycles. The van der Waals surface area contributed by atoms with Crippen LogP contribution in [0.25, 0.3) is 16.9 Å². The van der Waals surface area contributed by atoms with E-state index in [1.165, 1.54) is 11.7 Å². The first-order valence-corrected chi connectivity index (χ1v) is 14.3. The van der Waals surface area contributed by atoms with Crippen molar-refractivity contribution in [3.05, 3.63) is 36.2 Å². The number of rotatable bonds is 7. The third kappa shape index (κ3) is 5.80. The molecule has 0 radical (unpaired) electrons. The SMILES string of the molecule is COC(=O)N1CCC(C(=O)N[C@H]2C[C@H](Nc3cc(-n4c(C(F)F)nc5ccccc54)nc(N4CCOCC4)n3)C2)CC1. The quantitative estimate of drug-likeness (QED) is 0.431. The van der Waals surface area contributed by atoms with Gasteiger partial charge >= 0.3 is 6.09 Å². The number of methoxy groups -OCH3 is 1. The second-order valence-electron chi connectivity index (χ2n) is 10.9. The van der Waals surface area contributed by atoms with Gasteiger partial charge in [0.2, 0.25) is 11.9 Å². The fraction of sp³-hybridized carbons (Fsp3) is 0.536. The number of piperidine rings is 1. The summed E-state index contributed by atoms with van der Waals surface area (Å²) in [5, 5.41) is 6.56. The Morgan fingerprint density at radius 2 is 1.76 bits per heavy atom. The van der Waals surface area contributed by atoms with Crippen molar-refractivity contribution in [3.8, 4) is 5.82 Å². The Hall–Kier alpha value is -4.07. The Labute approximate surface area is 241 Å². The van der Waals surface area contributed by atoms with Gasteiger partial charge in [0.05, 0.1) is 31.4 Å². The average molecular weight is 585 g/mol. The van der Waals surface area contributed by atoms with Gasteiger partial charge in [-0.05, 0) is 37.8 Å². The topological polar surface area (TPSA) is 127 Å². The van der Waals surface area contributed by atoms with Crippen LogP contribution in [0, 0.1) is 5.92 Å². The van der Waals surface area contributed by atoms with Gasteiger partial charge in [0.25, 0.3) is 6.43 Å². The maximum absolute atomic E-state index is 14.1. The monoisotopic (exact) mass is 584 g/mol. The van der Waals surface area contributed by atoms with Crippen LogP contribution in [0.4, 0.5) is 25.3 Å². The van der Waals surface area contributed by atoms with Gasteiger partial charge in [-0.3, -0.25) is 9.36 Å². The van der Waals surface area contributed by atoms with Crippen LogP contribution in [0.3, 0.4) is 0 Å². The van der Waals surface area contributed by atoms with Crippen LogP contribution in [0.15, 0.2) is 30.3 Å². The van der Waals surface area contributed by atoms with Gasteiger partial charge < -0.3 is 29.9 Å². The normalized spacial score (nSPS) is 21.3. The zero-order valence-corrected chi connectivity index (χ0v) is 23.3. The Kier molecular flexibility index (Phi) is 8.05. The molecule has 14 heteroatoms. The van der Waals surface area contributed by atoms with Crippen LogP contribution >= 0.6 is 0 Å². The number of carbonyl (C=O) groups is 2. The molecule has 224 valence electrons. The van der Waals surface area contributed by atoms with Crippen LogP contribution in [-0.2, 0) is 14.3 Å². The molecule has 1 aliphatic carbocycles. The van der Waals surface area contributed by atoms with E-state index in [0.29, 0.717) is 93.7 Å². The molecule has 1 aromatic carbocycles. The Bertz CT molecular complexity index is 1430. The largest absolute Gasteiger partial charge is 0.453 e. The standard InChI is InChI=1S/C28H34F2N8O4/c1-41-28(40)37-8-6-17(7-9-37)26(39)32-19-14-18(15-19)31-22-16-23(35-27(34-22)36-10-12-42-13-11-36)38-21-5-3-2-4-20(21)33-25(38)24(29)30/h2-5,16-19,24H,6-15H2,1H3,(H,32,39)(H,31,34,35)/t18-,19-. The highest BCUT2D eigenvalue weighted by Gasteiger charge is 2.34. The van der Waals surface area contributed by atoms with Crippen molar-refractivity contribution in [2.45, 2.75) is 44.2 Å². The number of nitrogens with zero attached hydrogens (tertiary/aromatic N) is 6. The predicted molar refractivity (Wildman–Crippen MR) is 150 cm³/mol. The summed E-state index contributed by atoms with van der Waals surface area (Å²) in [6, 6.07) is 8.73. The Morgan fingerprint density at radius 3 is 2.48 bits per heavy atom. The number of fused-ring (bicyclic) bond motifs is 1. The highest BCUT2D eigenvalue weighted by molar-refractivity contribution is 5.80. The van der Waals surface area contributed by atoms with E-state index in [4.69, 9.17) is 19.4 Å². The van der Waals surface area contributed by atoms with Gasteiger partial charge in [-0.2, -0.15) is 9.97 Å². The number of amides is 2. The number of likely N-dealkylation sites (tertiary alicyclic amines) is 1. The highest BCUT2D eigenvalue weighted by Crippen LogP contribution is 2.31. The molecule has 42 heavy (non-hydrogen) atoms. The lowest BCUT2D eigenvalue weighted by Crippen LogP contribution is -2.52. The van der Waals surface area contributed by atoms with E-state index in [1.54, 1.807) is 35.2 Å². The predicted octanol–water partition coefficient (Wildman–Crippen LogP) is 3.13. The molecule has 0 bridgehead atoms. The van der Waals surface area contributed by atoms with Crippen molar-refractivity contribution >= 4 is 34.8 Å². The number of halogens is 2. The summed E-state index contributed by atoms with van der Waals surface area (Å²) in [5.41, 5.74) is 0.997. The first-order valence-electron chi connectivity index (χ1n) is 14.3. The Morgan fingerprint density at radius 1 is 1.02 bits per heavy atom. The third-order valence-electron chi connectivity index (χ3n) is 8.14. The Balaban J connectivity index is 1.16. The third-order valence-corrected chi connectivity index (χ3v) is 8.14. The molecule has 6 rings (SSSR count). The number of hydrogen-bond donors (Lipinski definition) is 2. The molecular formula is C28H34F2N8O4. The molecule has 2 amide bonds. The number of carbonyl (C=O) groups excluding carboxylic acids is 2. The molecule has 3 aromatic rings. The second-order valence-corrected chi connectivity index (χ2v) is 10.9. The molecule has 4 heterocycles. The summed E-state index contributed by atoms with van der Waals surface area (Å²) in [7, 11) is 1.36. The van der Waals surface area contributed by atoms with Crippen molar-refractivity contribution in [3.63, 3.8) is 0 Å². The molecule has 2 aliphatic heterocycles. The average Bonchev–Trinajstić information content (AvgIpc) is 3.40. The van der Waals surface area contributed by atoms with Crippen molar-refractivity contribution in [2.24, 2.45) is 5.92 Å². The molecule has 12 nitrogen and oxygen atoms in total. The lowest BCUT2D eigenvalue weighted by molar-refractivity contribution is -0.127. The summed E-state index contributed by atoms with van der Waals surface area (Å²) in [4.78, 5) is 41.7. The van der Waals surface area contributed by atoms with E-state index in [2.05, 4.69) is 15.6 Å². The lowest BCUT2D eigenvalue weighted by Gasteiger charge is -2.38. The number of imidazole rings is 1. The summed E-state index contributed by atoms with van der Waals surface area (Å²) < 4.78 is 39.9. The van der Waals surface area contributed by atoms with E-state index in [0.717, 1.165) is 0 Å². The summed E-state index contributed by atoms with van der Waals surface area (Å²) >= 11 is 0. The lowest BCUT2D eigenvalue weighted by atomic mass is 9.85. The fourth-order valence-corrected chi connectivity index (χ4v) is 5.78. The van der Waals surface area contributed by atoms with E-state index in [1.807, 2.05) is 4.90 Å². The zero-order valence-electron chi connectivity index (χ0n) is 23.3. The van der Waals surface area contributed by atoms with Crippen molar-refractivity contribution in [1.82, 2.24) is 29.7 Å². The van der Waals surface area contributed by atoms with Gasteiger partial charge in [-0.1, -0.05) is 12.1 Å². The van der Waals surface area contributed by atoms with Crippen LogP contribution in [0.5, 0.6) is 0 Å². The maximum Gasteiger partial charge on any atom is 0.409 e. The van der Waals surface area contributed by atoms with Gasteiger partial charge in [0, 0.05) is 50.2 Å². The first kappa shape index (κ1) is 28.1. The zero-order chi connectivity index (χ0) is 29.2. The number of nitrogens with one attached hydrogen (secondary N) is 2. The van der Waals surface area contributed by atoms with Gasteiger partial charge in [0.15, 0.2) is 5.82 Å². The number of aromatic nitrogens is 4. The van der Waals surface area contributed by atoms with E-state index < -0.39 is 6.43 Å². The molecular weight excluding hydrogens is 550 g/mol. The van der Waals surface area contributed by atoms with Crippen LogP contribution < -0.4 is 15.5 Å². The van der Waals surface area contributed by atoms with Crippen molar-refractivity contribution in [1.29, 1.82) is 0 Å². The number of anilines is 2. The number of para-hydroxylation sites is 2. The molecule has 2 saturated heterocycles. The maximum atomic E-state index is 14.1. The molecule has 0 atom stereocenters. The van der Waals surface area contributed by atoms with E-state index in [9.17, 15) is 18.4 Å². The van der Waals surface area contributed by atoms with Crippen LogP contribution in [0.1, 0.15) is 37.9 Å². The van der Waals surface area contributed by atoms with Crippen LogP contribution in [-0.4, -0.2) is 95.0 Å². The first-order chi connectivity index (χ1) is 20.4. The van der Waals surface area contributed by atoms with Crippen molar-refractivity contribution in [2.75, 3.05) is 56.7 Å². The minimum atomic E-state index is -2.79. The molecule has 1 saturated carbocycles. The molecule has 0 spiro atoms. The van der Waals surface area contributed by atoms with Gasteiger partial charge in [-0.25, -0.2) is 18.6 Å². The molecule has 2 N–H and O–H groups in total. The number of hydrogen-bond acceptors (Lipinski definition) is 9. The number of ether oxygens (including phenoxy) is 2. The van der Waals surface area contributed by atoms with Gasteiger partial charge in [0.1, 0.15) is 11.6 Å². The second kappa shape index (κ2) is 12.0. The molecule has 0 unspecified atom stereocenters. The number of morpholine rings is 1. The summed E-state index contributed by atoms with van der Waals surface area (Å²) in [6.45, 7) is 3.23. The molecule has 3 fully saturated rings. The highest BCUT2D eigenvalue weighted by atomic mass is 19.3. The summed E-state index contributed by atoms with van der Waals surface area (Å²) in [5.74, 6) is 0.752. The summed E-state index contributed by atoms with van der Waals surface area (Å²) in [6.07, 6.45) is -0.540. The van der Waals surface area contributed by atoms with Gasteiger partial charge in [-0.15, -0.1) is 0 Å². The van der Waals surface area contributed by atoms with E-state index in [-0.39, 0.29) is 35.8 Å². The minimum absolute atomic E-state index is 0.00778. The van der Waals surface area contributed by atoms with Crippen molar-refractivity contribution < 1.29 is 27.8 Å².